The number of hydrogen-bond acceptors (Lipinski definition) is 3. The maximum atomic E-state index is 13.7. The summed E-state index contributed by atoms with van der Waals surface area (Å²) in [4.78, 5) is 12.1. The summed E-state index contributed by atoms with van der Waals surface area (Å²) in [5.41, 5.74) is 0.747. The molecule has 0 radical (unpaired) electrons. The molecule has 0 saturated carbocycles. The van der Waals surface area contributed by atoms with Crippen molar-refractivity contribution >= 4 is 5.91 Å². The summed E-state index contributed by atoms with van der Waals surface area (Å²) in [5, 5.41) is 6.33. The van der Waals surface area contributed by atoms with Crippen LogP contribution in [0.2, 0.25) is 0 Å². The van der Waals surface area contributed by atoms with Gasteiger partial charge in [0.1, 0.15) is 0 Å². The molecule has 1 saturated heterocycles. The second-order valence-electron chi connectivity index (χ2n) is 5.81. The van der Waals surface area contributed by atoms with Crippen molar-refractivity contribution in [3.8, 4) is 5.75 Å². The van der Waals surface area contributed by atoms with E-state index in [2.05, 4.69) is 10.6 Å². The average molecular weight is 292 g/mol. The highest BCUT2D eigenvalue weighted by Crippen LogP contribution is 2.34. The zero-order valence-corrected chi connectivity index (χ0v) is 12.0. The van der Waals surface area contributed by atoms with Crippen molar-refractivity contribution in [2.45, 2.75) is 31.7 Å². The van der Waals surface area contributed by atoms with Crippen molar-refractivity contribution in [2.24, 2.45) is 5.92 Å². The van der Waals surface area contributed by atoms with Crippen molar-refractivity contribution in [3.63, 3.8) is 0 Å². The molecule has 1 aromatic rings. The molecule has 4 nitrogen and oxygen atoms in total. The SMILES string of the molecule is O=C(CC[C@H]1CCNC1)N[C@@H]1CCOc2c(F)cccc21. The highest BCUT2D eigenvalue weighted by atomic mass is 19.1. The molecular weight excluding hydrogens is 271 g/mol. The molecule has 0 aromatic heterocycles. The van der Waals surface area contributed by atoms with E-state index in [1.807, 2.05) is 6.07 Å². The summed E-state index contributed by atoms with van der Waals surface area (Å²) < 4.78 is 19.1. The molecular formula is C16H21FN2O2. The Morgan fingerprint density at radius 3 is 3.14 bits per heavy atom. The van der Waals surface area contributed by atoms with Gasteiger partial charge in [0.15, 0.2) is 11.6 Å². The highest BCUT2D eigenvalue weighted by molar-refractivity contribution is 5.76. The van der Waals surface area contributed by atoms with Gasteiger partial charge in [0.2, 0.25) is 5.91 Å². The summed E-state index contributed by atoms with van der Waals surface area (Å²) in [5.74, 6) is 0.580. The fourth-order valence-electron chi connectivity index (χ4n) is 3.10. The van der Waals surface area contributed by atoms with E-state index in [1.54, 1.807) is 6.07 Å². The van der Waals surface area contributed by atoms with Gasteiger partial charge < -0.3 is 15.4 Å². The smallest absolute Gasteiger partial charge is 0.220 e. The molecule has 2 atom stereocenters. The van der Waals surface area contributed by atoms with Crippen molar-refractivity contribution in [3.05, 3.63) is 29.6 Å². The number of amides is 1. The molecule has 0 spiro atoms. The monoisotopic (exact) mass is 292 g/mol. The molecule has 1 aromatic carbocycles. The molecule has 21 heavy (non-hydrogen) atoms. The molecule has 3 rings (SSSR count). The molecule has 2 heterocycles. The average Bonchev–Trinajstić information content (AvgIpc) is 3.00. The zero-order valence-electron chi connectivity index (χ0n) is 12.0. The molecule has 114 valence electrons. The lowest BCUT2D eigenvalue weighted by Gasteiger charge is -2.27. The summed E-state index contributed by atoms with van der Waals surface area (Å²) in [7, 11) is 0. The van der Waals surface area contributed by atoms with Crippen molar-refractivity contribution < 1.29 is 13.9 Å². The van der Waals surface area contributed by atoms with Crippen molar-refractivity contribution in [2.75, 3.05) is 19.7 Å². The number of para-hydroxylation sites is 1. The predicted octanol–water partition coefficient (Wildman–Crippen LogP) is 2.16. The third-order valence-electron chi connectivity index (χ3n) is 4.30. The van der Waals surface area contributed by atoms with Gasteiger partial charge >= 0.3 is 0 Å². The number of ether oxygens (including phenoxy) is 1. The number of nitrogens with one attached hydrogen (secondary N) is 2. The highest BCUT2D eigenvalue weighted by Gasteiger charge is 2.25. The van der Waals surface area contributed by atoms with E-state index in [4.69, 9.17) is 4.74 Å². The van der Waals surface area contributed by atoms with Crippen LogP contribution in [-0.2, 0) is 4.79 Å². The molecule has 0 bridgehead atoms. The van der Waals surface area contributed by atoms with E-state index in [9.17, 15) is 9.18 Å². The standard InChI is InChI=1S/C16H21FN2O2/c17-13-3-1-2-12-14(7-9-21-16(12)13)19-15(20)5-4-11-6-8-18-10-11/h1-3,11,14,18H,4-10H2,(H,19,20)/t11-,14+/m0/s1. The second-order valence-corrected chi connectivity index (χ2v) is 5.81. The van der Waals surface area contributed by atoms with Crippen LogP contribution < -0.4 is 15.4 Å². The maximum absolute atomic E-state index is 13.7. The Bertz CT molecular complexity index is 515. The lowest BCUT2D eigenvalue weighted by Crippen LogP contribution is -2.32. The molecule has 2 aliphatic heterocycles. The van der Waals surface area contributed by atoms with Crippen LogP contribution in [-0.4, -0.2) is 25.6 Å². The first-order valence-electron chi connectivity index (χ1n) is 7.65. The van der Waals surface area contributed by atoms with Crippen LogP contribution in [0.3, 0.4) is 0 Å². The first-order chi connectivity index (χ1) is 10.2. The van der Waals surface area contributed by atoms with E-state index < -0.39 is 0 Å². The third-order valence-corrected chi connectivity index (χ3v) is 4.30. The molecule has 5 heteroatoms. The van der Waals surface area contributed by atoms with Gasteiger partial charge in [-0.2, -0.15) is 0 Å². The Balaban J connectivity index is 1.58. The number of carbonyl (C=O) groups excluding carboxylic acids is 1. The fraction of sp³-hybridized carbons (Fsp3) is 0.562. The Kier molecular flexibility index (Phi) is 4.39. The van der Waals surface area contributed by atoms with Crippen LogP contribution in [0, 0.1) is 11.7 Å². The van der Waals surface area contributed by atoms with Crippen LogP contribution in [0.5, 0.6) is 5.75 Å². The molecule has 1 amide bonds. The van der Waals surface area contributed by atoms with Gasteiger partial charge in [-0.3, -0.25) is 4.79 Å². The van der Waals surface area contributed by atoms with Gasteiger partial charge in [-0.1, -0.05) is 12.1 Å². The minimum Gasteiger partial charge on any atom is -0.490 e. The molecule has 0 aliphatic carbocycles. The molecule has 2 N–H and O–H groups in total. The fourth-order valence-corrected chi connectivity index (χ4v) is 3.10. The van der Waals surface area contributed by atoms with E-state index in [0.29, 0.717) is 25.4 Å². The predicted molar refractivity (Wildman–Crippen MR) is 77.6 cm³/mol. The summed E-state index contributed by atoms with van der Waals surface area (Å²) >= 11 is 0. The Morgan fingerprint density at radius 1 is 1.43 bits per heavy atom. The van der Waals surface area contributed by atoms with Gasteiger partial charge in [0, 0.05) is 18.4 Å². The topological polar surface area (TPSA) is 50.4 Å². The largest absolute Gasteiger partial charge is 0.490 e. The summed E-state index contributed by atoms with van der Waals surface area (Å²) in [6.07, 6.45) is 3.29. The van der Waals surface area contributed by atoms with Crippen LogP contribution in [0.15, 0.2) is 18.2 Å². The van der Waals surface area contributed by atoms with E-state index in [1.165, 1.54) is 6.07 Å². The minimum absolute atomic E-state index is 0.0454. The molecule has 0 unspecified atom stereocenters. The maximum Gasteiger partial charge on any atom is 0.220 e. The van der Waals surface area contributed by atoms with Gasteiger partial charge in [-0.25, -0.2) is 4.39 Å². The van der Waals surface area contributed by atoms with Crippen LogP contribution in [0.25, 0.3) is 0 Å². The van der Waals surface area contributed by atoms with Gasteiger partial charge in [-0.05, 0) is 37.9 Å². The quantitative estimate of drug-likeness (QED) is 0.894. The second kappa shape index (κ2) is 6.43. The lowest BCUT2D eigenvalue weighted by atomic mass is 9.99. The van der Waals surface area contributed by atoms with E-state index in [-0.39, 0.29) is 23.5 Å². The van der Waals surface area contributed by atoms with Crippen LogP contribution in [0.4, 0.5) is 4.39 Å². The van der Waals surface area contributed by atoms with Crippen LogP contribution >= 0.6 is 0 Å². The number of benzene rings is 1. The molecule has 2 aliphatic rings. The number of halogens is 1. The Labute approximate surface area is 124 Å². The first-order valence-corrected chi connectivity index (χ1v) is 7.65. The number of rotatable bonds is 4. The lowest BCUT2D eigenvalue weighted by molar-refractivity contribution is -0.122. The third kappa shape index (κ3) is 3.35. The summed E-state index contributed by atoms with van der Waals surface area (Å²) in [6, 6.07) is 4.73. The number of hydrogen-bond donors (Lipinski definition) is 2. The Morgan fingerprint density at radius 2 is 2.33 bits per heavy atom. The Hall–Kier alpha value is -1.62. The first kappa shape index (κ1) is 14.3. The zero-order chi connectivity index (χ0) is 14.7. The molecule has 1 fully saturated rings. The van der Waals surface area contributed by atoms with E-state index >= 15 is 0 Å². The normalized spacial score (nSPS) is 24.2. The van der Waals surface area contributed by atoms with Gasteiger partial charge in [0.05, 0.1) is 12.6 Å². The number of fused-ring (bicyclic) bond motifs is 1. The summed E-state index contributed by atoms with van der Waals surface area (Å²) in [6.45, 7) is 2.50. The van der Waals surface area contributed by atoms with Crippen molar-refractivity contribution in [1.29, 1.82) is 0 Å². The minimum atomic E-state index is -0.358. The van der Waals surface area contributed by atoms with Crippen LogP contribution in [0.1, 0.15) is 37.3 Å². The van der Waals surface area contributed by atoms with Crippen molar-refractivity contribution in [1.82, 2.24) is 10.6 Å². The number of carbonyl (C=O) groups is 1. The van der Waals surface area contributed by atoms with Gasteiger partial charge in [0.25, 0.3) is 0 Å². The van der Waals surface area contributed by atoms with Gasteiger partial charge in [-0.15, -0.1) is 0 Å². The van der Waals surface area contributed by atoms with E-state index in [0.717, 1.165) is 31.5 Å².